The molecule has 2 aromatic carbocycles. The van der Waals surface area contributed by atoms with Crippen LogP contribution in [-0.4, -0.2) is 30.8 Å². The van der Waals surface area contributed by atoms with Crippen molar-refractivity contribution < 1.29 is 9.90 Å². The highest BCUT2D eigenvalue weighted by Crippen LogP contribution is 2.36. The first-order chi connectivity index (χ1) is 13.3. The third-order valence-corrected chi connectivity index (χ3v) is 6.14. The Morgan fingerprint density at radius 2 is 1.86 bits per heavy atom. The average Bonchev–Trinajstić information content (AvgIpc) is 3.25. The van der Waals surface area contributed by atoms with Gasteiger partial charge in [-0.1, -0.05) is 39.0 Å². The Kier molecular flexibility index (Phi) is 4.68. The maximum absolute atomic E-state index is 11.2. The number of aromatic nitrogens is 4. The smallest absolute Gasteiger partial charge is 0.335 e. The van der Waals surface area contributed by atoms with Crippen molar-refractivity contribution in [3.8, 4) is 5.69 Å². The van der Waals surface area contributed by atoms with Crippen molar-refractivity contribution >= 4 is 39.3 Å². The lowest BCUT2D eigenvalue weighted by Gasteiger charge is -2.19. The van der Waals surface area contributed by atoms with Crippen molar-refractivity contribution in [2.75, 3.05) is 0 Å². The molecule has 8 heteroatoms. The largest absolute Gasteiger partial charge is 0.478 e. The molecule has 2 aromatic heterocycles. The molecule has 0 aliphatic heterocycles. The third-order valence-electron chi connectivity index (χ3n) is 4.11. The van der Waals surface area contributed by atoms with Crippen molar-refractivity contribution in [2.45, 2.75) is 35.7 Å². The Morgan fingerprint density at radius 1 is 1.11 bits per heavy atom. The number of aromatic carboxylic acids is 1. The van der Waals surface area contributed by atoms with E-state index in [0.29, 0.717) is 0 Å². The number of rotatable bonds is 4. The fraction of sp³-hybridized carbons (Fsp3) is 0.200. The van der Waals surface area contributed by atoms with Gasteiger partial charge in [0.25, 0.3) is 0 Å². The molecule has 28 heavy (non-hydrogen) atoms. The minimum absolute atomic E-state index is 0.175. The second kappa shape index (κ2) is 7.03. The van der Waals surface area contributed by atoms with E-state index in [1.54, 1.807) is 18.2 Å². The summed E-state index contributed by atoms with van der Waals surface area (Å²) in [5.74, 6) is -0.0707. The lowest BCUT2D eigenvalue weighted by Crippen LogP contribution is -2.18. The molecule has 0 unspecified atom stereocenters. The number of nitrogens with zero attached hydrogens (tertiary/aromatic N) is 4. The highest BCUT2D eigenvalue weighted by atomic mass is 32.2. The predicted octanol–water partition coefficient (Wildman–Crippen LogP) is 5.02. The van der Waals surface area contributed by atoms with Crippen molar-refractivity contribution in [1.29, 1.82) is 0 Å². The van der Waals surface area contributed by atoms with E-state index >= 15 is 0 Å². The van der Waals surface area contributed by atoms with Crippen molar-refractivity contribution in [1.82, 2.24) is 19.7 Å². The van der Waals surface area contributed by atoms with Crippen LogP contribution in [-0.2, 0) is 5.41 Å². The summed E-state index contributed by atoms with van der Waals surface area (Å²) in [5.41, 5.74) is 1.86. The molecule has 4 aromatic rings. The van der Waals surface area contributed by atoms with Crippen LogP contribution in [0, 0.1) is 0 Å². The van der Waals surface area contributed by atoms with E-state index in [0.717, 1.165) is 31.2 Å². The summed E-state index contributed by atoms with van der Waals surface area (Å²) < 4.78 is 3.69. The maximum Gasteiger partial charge on any atom is 0.335 e. The molecule has 0 fully saturated rings. The van der Waals surface area contributed by atoms with Crippen molar-refractivity contribution in [3.05, 3.63) is 59.9 Å². The Bertz CT molecular complexity index is 1160. The van der Waals surface area contributed by atoms with Gasteiger partial charge in [0.05, 0.1) is 15.8 Å². The number of hydrogen-bond acceptors (Lipinski definition) is 6. The van der Waals surface area contributed by atoms with Gasteiger partial charge in [-0.25, -0.2) is 9.78 Å². The van der Waals surface area contributed by atoms with Crippen LogP contribution in [0.4, 0.5) is 0 Å². The minimum atomic E-state index is -0.942. The van der Waals surface area contributed by atoms with Crippen molar-refractivity contribution in [3.63, 3.8) is 0 Å². The fourth-order valence-corrected chi connectivity index (χ4v) is 4.85. The van der Waals surface area contributed by atoms with Gasteiger partial charge in [-0.05, 0) is 42.1 Å². The first kappa shape index (κ1) is 18.6. The zero-order valence-corrected chi connectivity index (χ0v) is 17.2. The Hall–Kier alpha value is -2.71. The normalized spacial score (nSPS) is 11.8. The van der Waals surface area contributed by atoms with Gasteiger partial charge in [-0.15, -0.1) is 21.5 Å². The number of carboxylic acid groups (broad SMARTS) is 1. The van der Waals surface area contributed by atoms with E-state index in [9.17, 15) is 9.90 Å². The van der Waals surface area contributed by atoms with Gasteiger partial charge in [-0.3, -0.25) is 4.57 Å². The van der Waals surface area contributed by atoms with Gasteiger partial charge in [0.2, 0.25) is 5.16 Å². The zero-order valence-electron chi connectivity index (χ0n) is 15.6. The molecular formula is C20H18N4O2S2. The molecule has 0 aliphatic carbocycles. The molecule has 0 atom stereocenters. The van der Waals surface area contributed by atoms with E-state index in [1.165, 1.54) is 23.1 Å². The lowest BCUT2D eigenvalue weighted by molar-refractivity contribution is 0.0697. The fourth-order valence-electron chi connectivity index (χ4n) is 2.79. The highest BCUT2D eigenvalue weighted by molar-refractivity contribution is 8.01. The number of benzene rings is 2. The first-order valence-electron chi connectivity index (χ1n) is 8.66. The number of fused-ring (bicyclic) bond motifs is 1. The van der Waals surface area contributed by atoms with Crippen LogP contribution in [0.3, 0.4) is 0 Å². The molecule has 2 heterocycles. The summed E-state index contributed by atoms with van der Waals surface area (Å²) in [6.07, 6.45) is 0. The number of hydrogen-bond donors (Lipinski definition) is 1. The quantitative estimate of drug-likeness (QED) is 0.508. The molecule has 0 spiro atoms. The van der Waals surface area contributed by atoms with Gasteiger partial charge in [-0.2, -0.15) is 0 Å². The standard InChI is InChI=1S/C20H18N4O2S2/c1-20(2,3)17-22-23-18(24(17)13-7-5-4-6-8-13)28-19-21-14-10-9-12(16(25)26)11-15(14)27-19/h4-11H,1-3H3,(H,25,26). The molecule has 0 bridgehead atoms. The first-order valence-corrected chi connectivity index (χ1v) is 10.3. The number of para-hydroxylation sites is 1. The second-order valence-corrected chi connectivity index (χ2v) is 9.54. The van der Waals surface area contributed by atoms with Crippen molar-refractivity contribution in [2.24, 2.45) is 0 Å². The van der Waals surface area contributed by atoms with Gasteiger partial charge in [0.1, 0.15) is 5.82 Å². The molecule has 4 rings (SSSR count). The number of carboxylic acids is 1. The zero-order chi connectivity index (χ0) is 19.9. The number of carbonyl (C=O) groups is 1. The molecule has 0 radical (unpaired) electrons. The monoisotopic (exact) mass is 410 g/mol. The molecule has 142 valence electrons. The third kappa shape index (κ3) is 3.53. The van der Waals surface area contributed by atoms with Crippen LogP contribution in [0.15, 0.2) is 58.0 Å². The maximum atomic E-state index is 11.2. The minimum Gasteiger partial charge on any atom is -0.478 e. The van der Waals surface area contributed by atoms with Crippen LogP contribution in [0.5, 0.6) is 0 Å². The van der Waals surface area contributed by atoms with E-state index in [1.807, 2.05) is 30.3 Å². The van der Waals surface area contributed by atoms with Crippen LogP contribution < -0.4 is 0 Å². The van der Waals surface area contributed by atoms with Crippen LogP contribution in [0.2, 0.25) is 0 Å². The van der Waals surface area contributed by atoms with Gasteiger partial charge in [0.15, 0.2) is 4.34 Å². The molecule has 0 aliphatic rings. The van der Waals surface area contributed by atoms with Gasteiger partial charge in [0, 0.05) is 11.1 Å². The average molecular weight is 411 g/mol. The summed E-state index contributed by atoms with van der Waals surface area (Å²) >= 11 is 2.89. The predicted molar refractivity (Wildman–Crippen MR) is 111 cm³/mol. The van der Waals surface area contributed by atoms with Gasteiger partial charge < -0.3 is 5.11 Å². The molecule has 6 nitrogen and oxygen atoms in total. The van der Waals surface area contributed by atoms with Crippen LogP contribution >= 0.6 is 23.1 Å². The van der Waals surface area contributed by atoms with Crippen LogP contribution in [0.25, 0.3) is 15.9 Å². The summed E-state index contributed by atoms with van der Waals surface area (Å²) in [7, 11) is 0. The Balaban J connectivity index is 1.77. The van der Waals surface area contributed by atoms with Gasteiger partial charge >= 0.3 is 5.97 Å². The molecule has 1 N–H and O–H groups in total. The molecule has 0 saturated carbocycles. The summed E-state index contributed by atoms with van der Waals surface area (Å²) in [5, 5.41) is 18.8. The van der Waals surface area contributed by atoms with Crippen LogP contribution in [0.1, 0.15) is 37.0 Å². The molecule has 0 amide bonds. The molecule has 0 saturated heterocycles. The second-order valence-electron chi connectivity index (χ2n) is 7.30. The number of thiazole rings is 1. The Morgan fingerprint density at radius 3 is 2.54 bits per heavy atom. The van der Waals surface area contributed by atoms with E-state index in [-0.39, 0.29) is 11.0 Å². The highest BCUT2D eigenvalue weighted by Gasteiger charge is 2.25. The topological polar surface area (TPSA) is 80.9 Å². The SMILES string of the molecule is CC(C)(C)c1nnc(Sc2nc3ccc(C(=O)O)cc3s2)n1-c1ccccc1. The van der Waals surface area contributed by atoms with E-state index < -0.39 is 5.97 Å². The summed E-state index contributed by atoms with van der Waals surface area (Å²) in [4.78, 5) is 15.8. The van der Waals surface area contributed by atoms with E-state index in [2.05, 4.69) is 40.5 Å². The lowest BCUT2D eigenvalue weighted by atomic mass is 9.95. The summed E-state index contributed by atoms with van der Waals surface area (Å²) in [6, 6.07) is 15.0. The Labute approximate surface area is 170 Å². The summed E-state index contributed by atoms with van der Waals surface area (Å²) in [6.45, 7) is 6.32. The molecular weight excluding hydrogens is 392 g/mol. The van der Waals surface area contributed by atoms with E-state index in [4.69, 9.17) is 0 Å².